The maximum absolute atomic E-state index is 13.6. The largest absolute Gasteiger partial charge is 0.357 e. The Morgan fingerprint density at radius 2 is 1.63 bits per heavy atom. The summed E-state index contributed by atoms with van der Waals surface area (Å²) >= 11 is 12.2. The summed E-state index contributed by atoms with van der Waals surface area (Å²) in [6.45, 7) is 7.57. The van der Waals surface area contributed by atoms with Gasteiger partial charge in [0.25, 0.3) is 0 Å². The molecule has 2 rings (SSSR count). The zero-order valence-electron chi connectivity index (χ0n) is 20.9. The zero-order valence-corrected chi connectivity index (χ0v) is 23.3. The van der Waals surface area contributed by atoms with Gasteiger partial charge >= 0.3 is 0 Å². The maximum atomic E-state index is 13.6. The third kappa shape index (κ3) is 7.59. The van der Waals surface area contributed by atoms with Gasteiger partial charge in [-0.15, -0.1) is 0 Å². The van der Waals surface area contributed by atoms with Crippen molar-refractivity contribution in [2.24, 2.45) is 0 Å². The Bertz CT molecular complexity index is 1160. The molecule has 0 unspecified atom stereocenters. The first-order valence-electron chi connectivity index (χ1n) is 11.2. The van der Waals surface area contributed by atoms with E-state index < -0.39 is 28.5 Å². The Morgan fingerprint density at radius 1 is 1.03 bits per heavy atom. The summed E-state index contributed by atoms with van der Waals surface area (Å²) < 4.78 is 26.4. The fourth-order valence-electron chi connectivity index (χ4n) is 3.66. The van der Waals surface area contributed by atoms with Gasteiger partial charge in [0.2, 0.25) is 21.8 Å². The molecule has 0 saturated carbocycles. The summed E-state index contributed by atoms with van der Waals surface area (Å²) in [6.07, 6.45) is 1.39. The van der Waals surface area contributed by atoms with Gasteiger partial charge in [0.05, 0.1) is 22.0 Å². The van der Waals surface area contributed by atoms with Crippen LogP contribution in [0.3, 0.4) is 0 Å². The number of nitrogens with zero attached hydrogens (tertiary/aromatic N) is 2. The van der Waals surface area contributed by atoms with E-state index in [1.165, 1.54) is 11.9 Å². The lowest BCUT2D eigenvalue weighted by Crippen LogP contribution is -2.51. The first-order chi connectivity index (χ1) is 16.2. The molecular formula is C25H33Cl2N3O4S. The minimum absolute atomic E-state index is 0.0578. The summed E-state index contributed by atoms with van der Waals surface area (Å²) in [5, 5.41) is 3.27. The fourth-order valence-corrected chi connectivity index (χ4v) is 4.83. The molecule has 1 atom stereocenters. The number of nitrogens with one attached hydrogen (secondary N) is 1. The number of amides is 2. The highest BCUT2D eigenvalue weighted by atomic mass is 35.5. The first kappa shape index (κ1) is 28.9. The van der Waals surface area contributed by atoms with Crippen LogP contribution >= 0.6 is 23.2 Å². The van der Waals surface area contributed by atoms with Crippen LogP contribution in [-0.4, -0.2) is 51.0 Å². The Hall–Kier alpha value is -2.29. The molecule has 0 bridgehead atoms. The van der Waals surface area contributed by atoms with E-state index in [-0.39, 0.29) is 17.9 Å². The van der Waals surface area contributed by atoms with Crippen LogP contribution in [-0.2, 0) is 31.6 Å². The molecule has 0 fully saturated rings. The number of carbonyl (C=O) groups excluding carboxylic acids is 2. The molecule has 10 heteroatoms. The normalized spacial score (nSPS) is 12.7. The zero-order chi connectivity index (χ0) is 26.6. The number of anilines is 1. The lowest BCUT2D eigenvalue weighted by molar-refractivity contribution is -0.140. The van der Waals surface area contributed by atoms with Crippen LogP contribution in [0.1, 0.15) is 45.2 Å². The standard InChI is InChI=1S/C25H33Cl2N3O4S/c1-7-22(24(32)28-5)29(15-17-8-13-20(26)21(27)14-17)23(31)16-30(35(6,33)34)19-11-9-18(10-12-19)25(2,3)4/h8-14,22H,7,15-16H2,1-6H3,(H,28,32)/t22-/m0/s1. The molecule has 2 aromatic carbocycles. The SMILES string of the molecule is CC[C@@H](C(=O)NC)N(Cc1ccc(Cl)c(Cl)c1)C(=O)CN(c1ccc(C(C)(C)C)cc1)S(C)(=O)=O. The van der Waals surface area contributed by atoms with Crippen LogP contribution in [0.2, 0.25) is 10.0 Å². The van der Waals surface area contributed by atoms with Gasteiger partial charge in [0.1, 0.15) is 12.6 Å². The second-order valence-corrected chi connectivity index (χ2v) is 12.1. The minimum Gasteiger partial charge on any atom is -0.357 e. The van der Waals surface area contributed by atoms with Crippen molar-refractivity contribution < 1.29 is 18.0 Å². The molecule has 0 aliphatic rings. The Morgan fingerprint density at radius 3 is 2.09 bits per heavy atom. The average Bonchev–Trinajstić information content (AvgIpc) is 2.78. The Kier molecular flexibility index (Phi) is 9.62. The van der Waals surface area contributed by atoms with E-state index in [1.807, 2.05) is 12.1 Å². The van der Waals surface area contributed by atoms with Crippen molar-refractivity contribution in [1.82, 2.24) is 10.2 Å². The number of sulfonamides is 1. The van der Waals surface area contributed by atoms with Gasteiger partial charge in [0.15, 0.2) is 0 Å². The van der Waals surface area contributed by atoms with Crippen molar-refractivity contribution in [3.8, 4) is 0 Å². The molecule has 0 aliphatic heterocycles. The van der Waals surface area contributed by atoms with E-state index in [2.05, 4.69) is 26.1 Å². The van der Waals surface area contributed by atoms with Crippen LogP contribution in [0.5, 0.6) is 0 Å². The van der Waals surface area contributed by atoms with Gasteiger partial charge in [-0.25, -0.2) is 8.42 Å². The van der Waals surface area contributed by atoms with Gasteiger partial charge in [-0.05, 0) is 47.2 Å². The van der Waals surface area contributed by atoms with Crippen molar-refractivity contribution in [2.75, 3.05) is 24.2 Å². The number of hydrogen-bond acceptors (Lipinski definition) is 4. The molecule has 2 amide bonds. The number of hydrogen-bond donors (Lipinski definition) is 1. The molecule has 35 heavy (non-hydrogen) atoms. The van der Waals surface area contributed by atoms with E-state index in [0.717, 1.165) is 16.1 Å². The Balaban J connectivity index is 2.45. The topological polar surface area (TPSA) is 86.8 Å². The first-order valence-corrected chi connectivity index (χ1v) is 13.8. The van der Waals surface area contributed by atoms with Crippen molar-refractivity contribution in [1.29, 1.82) is 0 Å². The summed E-state index contributed by atoms with van der Waals surface area (Å²) in [5.74, 6) is -0.863. The Labute approximate surface area is 218 Å². The number of carbonyl (C=O) groups is 2. The molecule has 0 heterocycles. The quantitative estimate of drug-likeness (QED) is 0.502. The molecule has 7 nitrogen and oxygen atoms in total. The van der Waals surface area contributed by atoms with E-state index in [9.17, 15) is 18.0 Å². The van der Waals surface area contributed by atoms with Gasteiger partial charge in [0, 0.05) is 13.6 Å². The molecule has 0 spiro atoms. The van der Waals surface area contributed by atoms with Gasteiger partial charge < -0.3 is 10.2 Å². The third-order valence-corrected chi connectivity index (χ3v) is 7.55. The highest BCUT2D eigenvalue weighted by molar-refractivity contribution is 7.92. The van der Waals surface area contributed by atoms with Gasteiger partial charge in [-0.2, -0.15) is 0 Å². The predicted molar refractivity (Wildman–Crippen MR) is 142 cm³/mol. The second-order valence-electron chi connectivity index (χ2n) is 9.37. The predicted octanol–water partition coefficient (Wildman–Crippen LogP) is 4.61. The van der Waals surface area contributed by atoms with Crippen LogP contribution in [0.4, 0.5) is 5.69 Å². The lowest BCUT2D eigenvalue weighted by atomic mass is 9.87. The van der Waals surface area contributed by atoms with Gasteiger partial charge in [-0.3, -0.25) is 13.9 Å². The monoisotopic (exact) mass is 541 g/mol. The summed E-state index contributed by atoms with van der Waals surface area (Å²) in [7, 11) is -2.30. The highest BCUT2D eigenvalue weighted by Crippen LogP contribution is 2.27. The summed E-state index contributed by atoms with van der Waals surface area (Å²) in [6, 6.07) is 11.2. The van der Waals surface area contributed by atoms with Crippen molar-refractivity contribution >= 4 is 50.7 Å². The molecule has 1 N–H and O–H groups in total. The molecule has 0 saturated heterocycles. The maximum Gasteiger partial charge on any atom is 0.244 e. The minimum atomic E-state index is -3.79. The smallest absolute Gasteiger partial charge is 0.244 e. The van der Waals surface area contributed by atoms with Crippen LogP contribution in [0.15, 0.2) is 42.5 Å². The second kappa shape index (κ2) is 11.6. The number of benzene rings is 2. The molecule has 0 aromatic heterocycles. The summed E-state index contributed by atoms with van der Waals surface area (Å²) in [5.41, 5.74) is 1.96. The fraction of sp³-hybridized carbons (Fsp3) is 0.440. The summed E-state index contributed by atoms with van der Waals surface area (Å²) in [4.78, 5) is 27.5. The average molecular weight is 543 g/mol. The highest BCUT2D eigenvalue weighted by Gasteiger charge is 2.31. The number of likely N-dealkylation sites (N-methyl/N-ethyl adjacent to an activating group) is 1. The molecule has 0 aliphatic carbocycles. The molecule has 2 aromatic rings. The van der Waals surface area contributed by atoms with E-state index >= 15 is 0 Å². The van der Waals surface area contributed by atoms with E-state index in [4.69, 9.17) is 23.2 Å². The molecule has 0 radical (unpaired) electrons. The van der Waals surface area contributed by atoms with Crippen molar-refractivity contribution in [3.63, 3.8) is 0 Å². The van der Waals surface area contributed by atoms with Crippen LogP contribution in [0.25, 0.3) is 0 Å². The third-order valence-electron chi connectivity index (χ3n) is 5.67. The molecular weight excluding hydrogens is 509 g/mol. The van der Waals surface area contributed by atoms with Crippen molar-refractivity contribution in [2.45, 2.75) is 52.1 Å². The number of rotatable bonds is 9. The van der Waals surface area contributed by atoms with E-state index in [0.29, 0.717) is 27.7 Å². The van der Waals surface area contributed by atoms with E-state index in [1.54, 1.807) is 37.3 Å². The van der Waals surface area contributed by atoms with Crippen LogP contribution in [0, 0.1) is 0 Å². The number of halogens is 2. The van der Waals surface area contributed by atoms with Crippen LogP contribution < -0.4 is 9.62 Å². The van der Waals surface area contributed by atoms with Gasteiger partial charge in [-0.1, -0.05) is 69.1 Å². The molecule has 192 valence electrons. The van der Waals surface area contributed by atoms with Crippen molar-refractivity contribution in [3.05, 3.63) is 63.6 Å². The lowest BCUT2D eigenvalue weighted by Gasteiger charge is -2.32.